The standard InChI is InChI=1S/C9H11N5O2/c1-4(2)7(15)12-9-11-6-5(3-10-14-6)8(16)13-9/h3-4H,1-2H3,(H3,10,11,12,13,14,15,16). The molecular formula is C9H11N5O2. The highest BCUT2D eigenvalue weighted by Gasteiger charge is 2.10. The van der Waals surface area contributed by atoms with Crippen molar-refractivity contribution in [3.05, 3.63) is 16.6 Å². The van der Waals surface area contributed by atoms with Gasteiger partial charge in [0.15, 0.2) is 5.65 Å². The summed E-state index contributed by atoms with van der Waals surface area (Å²) in [6.07, 6.45) is 1.38. The number of H-pyrrole nitrogens is 2. The fraction of sp³-hybridized carbons (Fsp3) is 0.333. The van der Waals surface area contributed by atoms with E-state index in [0.717, 1.165) is 0 Å². The van der Waals surface area contributed by atoms with Crippen LogP contribution in [0, 0.1) is 5.92 Å². The minimum Gasteiger partial charge on any atom is -0.296 e. The fourth-order valence-corrected chi connectivity index (χ4v) is 1.17. The molecule has 2 rings (SSSR count). The summed E-state index contributed by atoms with van der Waals surface area (Å²) in [6.45, 7) is 3.50. The molecule has 0 saturated carbocycles. The van der Waals surface area contributed by atoms with Crippen molar-refractivity contribution in [1.29, 1.82) is 0 Å². The topological polar surface area (TPSA) is 104 Å². The Morgan fingerprint density at radius 2 is 2.25 bits per heavy atom. The van der Waals surface area contributed by atoms with E-state index in [0.29, 0.717) is 11.0 Å². The van der Waals surface area contributed by atoms with E-state index in [1.54, 1.807) is 13.8 Å². The smallest absolute Gasteiger partial charge is 0.263 e. The van der Waals surface area contributed by atoms with Crippen molar-refractivity contribution in [2.45, 2.75) is 13.8 Å². The summed E-state index contributed by atoms with van der Waals surface area (Å²) in [5, 5.41) is 9.14. The van der Waals surface area contributed by atoms with Crippen LogP contribution in [-0.2, 0) is 4.79 Å². The molecule has 0 radical (unpaired) electrons. The van der Waals surface area contributed by atoms with Gasteiger partial charge in [-0.25, -0.2) is 0 Å². The SMILES string of the molecule is CC(C)C(=O)Nc1nc2[nH]ncc2c(=O)[nH]1. The summed E-state index contributed by atoms with van der Waals surface area (Å²) in [6, 6.07) is 0. The molecule has 1 amide bonds. The molecule has 84 valence electrons. The van der Waals surface area contributed by atoms with Gasteiger partial charge in [-0.15, -0.1) is 0 Å². The van der Waals surface area contributed by atoms with Gasteiger partial charge in [-0.05, 0) is 0 Å². The minimum atomic E-state index is -0.335. The Hall–Kier alpha value is -2.18. The lowest BCUT2D eigenvalue weighted by Gasteiger charge is -2.05. The van der Waals surface area contributed by atoms with E-state index in [1.165, 1.54) is 6.20 Å². The third-order valence-corrected chi connectivity index (χ3v) is 2.09. The summed E-state index contributed by atoms with van der Waals surface area (Å²) in [5.74, 6) is -0.259. The lowest BCUT2D eigenvalue weighted by atomic mass is 10.2. The maximum atomic E-state index is 11.5. The molecule has 0 bridgehead atoms. The zero-order chi connectivity index (χ0) is 11.7. The Morgan fingerprint density at radius 3 is 2.94 bits per heavy atom. The highest BCUT2D eigenvalue weighted by molar-refractivity contribution is 5.91. The molecule has 2 aromatic heterocycles. The van der Waals surface area contributed by atoms with Crippen molar-refractivity contribution >= 4 is 22.9 Å². The number of anilines is 1. The van der Waals surface area contributed by atoms with Crippen LogP contribution in [0.5, 0.6) is 0 Å². The normalized spacial score (nSPS) is 10.9. The van der Waals surface area contributed by atoms with Crippen molar-refractivity contribution < 1.29 is 4.79 Å². The second kappa shape index (κ2) is 3.76. The summed E-state index contributed by atoms with van der Waals surface area (Å²) in [5.41, 5.74) is 0.0145. The third-order valence-electron chi connectivity index (χ3n) is 2.09. The number of fused-ring (bicyclic) bond motifs is 1. The van der Waals surface area contributed by atoms with Crippen LogP contribution in [0.25, 0.3) is 11.0 Å². The van der Waals surface area contributed by atoms with Crippen molar-refractivity contribution in [1.82, 2.24) is 20.2 Å². The number of rotatable bonds is 2. The van der Waals surface area contributed by atoms with Crippen LogP contribution >= 0.6 is 0 Å². The maximum absolute atomic E-state index is 11.5. The van der Waals surface area contributed by atoms with E-state index in [2.05, 4.69) is 25.5 Å². The highest BCUT2D eigenvalue weighted by atomic mass is 16.2. The average molecular weight is 221 g/mol. The lowest BCUT2D eigenvalue weighted by Crippen LogP contribution is -2.21. The first-order valence-electron chi connectivity index (χ1n) is 4.82. The molecule has 0 saturated heterocycles. The molecule has 7 heteroatoms. The van der Waals surface area contributed by atoms with Gasteiger partial charge in [0.05, 0.1) is 6.20 Å². The molecule has 0 aliphatic carbocycles. The van der Waals surface area contributed by atoms with Gasteiger partial charge in [-0.1, -0.05) is 13.8 Å². The van der Waals surface area contributed by atoms with Crippen LogP contribution in [-0.4, -0.2) is 26.1 Å². The fourth-order valence-electron chi connectivity index (χ4n) is 1.17. The van der Waals surface area contributed by atoms with E-state index in [9.17, 15) is 9.59 Å². The molecule has 0 fully saturated rings. The average Bonchev–Trinajstić information content (AvgIpc) is 2.65. The maximum Gasteiger partial charge on any atom is 0.263 e. The number of aromatic amines is 2. The first kappa shape index (κ1) is 10.3. The van der Waals surface area contributed by atoms with Gasteiger partial charge in [0, 0.05) is 5.92 Å². The molecule has 7 nitrogen and oxygen atoms in total. The largest absolute Gasteiger partial charge is 0.296 e. The number of hydrogen-bond acceptors (Lipinski definition) is 4. The Balaban J connectivity index is 2.39. The quantitative estimate of drug-likeness (QED) is 0.675. The van der Waals surface area contributed by atoms with Gasteiger partial charge >= 0.3 is 0 Å². The van der Waals surface area contributed by atoms with Gasteiger partial charge < -0.3 is 0 Å². The number of nitrogens with zero attached hydrogens (tertiary/aromatic N) is 2. The van der Waals surface area contributed by atoms with Crippen LogP contribution in [0.2, 0.25) is 0 Å². The molecule has 16 heavy (non-hydrogen) atoms. The van der Waals surface area contributed by atoms with Crippen LogP contribution < -0.4 is 10.9 Å². The van der Waals surface area contributed by atoms with Gasteiger partial charge in [0.25, 0.3) is 5.56 Å². The van der Waals surface area contributed by atoms with Crippen LogP contribution in [0.3, 0.4) is 0 Å². The summed E-state index contributed by atoms with van der Waals surface area (Å²) < 4.78 is 0. The van der Waals surface area contributed by atoms with Gasteiger partial charge in [0.2, 0.25) is 11.9 Å². The van der Waals surface area contributed by atoms with Crippen molar-refractivity contribution in [2.24, 2.45) is 5.92 Å². The van der Waals surface area contributed by atoms with Crippen LogP contribution in [0.15, 0.2) is 11.0 Å². The lowest BCUT2D eigenvalue weighted by molar-refractivity contribution is -0.118. The Morgan fingerprint density at radius 1 is 1.50 bits per heavy atom. The van der Waals surface area contributed by atoms with Crippen LogP contribution in [0.4, 0.5) is 5.95 Å². The second-order valence-electron chi connectivity index (χ2n) is 3.69. The summed E-state index contributed by atoms with van der Waals surface area (Å²) in [4.78, 5) is 29.4. The van der Waals surface area contributed by atoms with E-state index < -0.39 is 0 Å². The number of carbonyl (C=O) groups excluding carboxylic acids is 1. The number of hydrogen-bond donors (Lipinski definition) is 3. The summed E-state index contributed by atoms with van der Waals surface area (Å²) in [7, 11) is 0. The monoisotopic (exact) mass is 221 g/mol. The molecule has 3 N–H and O–H groups in total. The number of carbonyl (C=O) groups is 1. The molecule has 0 aromatic carbocycles. The highest BCUT2D eigenvalue weighted by Crippen LogP contribution is 2.05. The van der Waals surface area contributed by atoms with Crippen molar-refractivity contribution in [3.63, 3.8) is 0 Å². The first-order chi connectivity index (χ1) is 7.58. The molecule has 0 aliphatic rings. The molecule has 2 aromatic rings. The van der Waals surface area contributed by atoms with E-state index >= 15 is 0 Å². The van der Waals surface area contributed by atoms with Crippen molar-refractivity contribution in [3.8, 4) is 0 Å². The van der Waals surface area contributed by atoms with E-state index in [1.807, 2.05) is 0 Å². The predicted octanol–water partition coefficient (Wildman–Crippen LogP) is 0.241. The molecule has 0 aliphatic heterocycles. The van der Waals surface area contributed by atoms with Crippen molar-refractivity contribution in [2.75, 3.05) is 5.32 Å². The van der Waals surface area contributed by atoms with Gasteiger partial charge in [0.1, 0.15) is 5.39 Å². The van der Waals surface area contributed by atoms with Crippen LogP contribution in [0.1, 0.15) is 13.8 Å². The van der Waals surface area contributed by atoms with E-state index in [-0.39, 0.29) is 23.3 Å². The Bertz CT molecular complexity index is 583. The third kappa shape index (κ3) is 1.79. The Kier molecular flexibility index (Phi) is 2.43. The zero-order valence-corrected chi connectivity index (χ0v) is 8.87. The Labute approximate surface area is 90.3 Å². The second-order valence-corrected chi connectivity index (χ2v) is 3.69. The van der Waals surface area contributed by atoms with E-state index in [4.69, 9.17) is 0 Å². The first-order valence-corrected chi connectivity index (χ1v) is 4.82. The molecule has 0 spiro atoms. The van der Waals surface area contributed by atoms with Gasteiger partial charge in [-0.2, -0.15) is 10.1 Å². The summed E-state index contributed by atoms with van der Waals surface area (Å²) >= 11 is 0. The molecule has 0 unspecified atom stereocenters. The van der Waals surface area contributed by atoms with Gasteiger partial charge in [-0.3, -0.25) is 25.0 Å². The number of nitrogens with one attached hydrogen (secondary N) is 3. The number of aromatic nitrogens is 4. The molecule has 2 heterocycles. The molecular weight excluding hydrogens is 210 g/mol. The predicted molar refractivity (Wildman–Crippen MR) is 58.0 cm³/mol. The minimum absolute atomic E-state index is 0.125. The molecule has 0 atom stereocenters. The number of amides is 1. The zero-order valence-electron chi connectivity index (χ0n) is 8.87.